The average molecular weight is 268 g/mol. The molecule has 0 aromatic rings. The Morgan fingerprint density at radius 2 is 1.63 bits per heavy atom. The molecule has 0 aromatic carbocycles. The molecule has 0 aromatic heterocycles. The molecule has 2 fully saturated rings. The first kappa shape index (κ1) is 16.0. The lowest BCUT2D eigenvalue weighted by atomic mass is 10.2. The lowest BCUT2D eigenvalue weighted by Gasteiger charge is -2.14. The SMILES string of the molecule is CCCCCCN1CCCC1=O.CN1CCCC1=O. The van der Waals surface area contributed by atoms with Crippen molar-refractivity contribution in [3.63, 3.8) is 0 Å². The Bertz CT molecular complexity index is 292. The monoisotopic (exact) mass is 268 g/mol. The van der Waals surface area contributed by atoms with Gasteiger partial charge >= 0.3 is 0 Å². The van der Waals surface area contributed by atoms with Gasteiger partial charge in [-0.3, -0.25) is 9.59 Å². The molecular formula is C15H28N2O2. The van der Waals surface area contributed by atoms with Gasteiger partial charge < -0.3 is 9.80 Å². The molecular weight excluding hydrogens is 240 g/mol. The molecule has 0 radical (unpaired) electrons. The highest BCUT2D eigenvalue weighted by Gasteiger charge is 2.18. The number of amides is 2. The summed E-state index contributed by atoms with van der Waals surface area (Å²) in [5.41, 5.74) is 0. The van der Waals surface area contributed by atoms with Crippen molar-refractivity contribution >= 4 is 11.8 Å². The Morgan fingerprint density at radius 1 is 0.947 bits per heavy atom. The molecule has 0 bridgehead atoms. The van der Waals surface area contributed by atoms with E-state index in [4.69, 9.17) is 0 Å². The first-order valence-corrected chi connectivity index (χ1v) is 7.67. The largest absolute Gasteiger partial charge is 0.346 e. The maximum Gasteiger partial charge on any atom is 0.222 e. The van der Waals surface area contributed by atoms with Gasteiger partial charge in [-0.25, -0.2) is 0 Å². The number of hydrogen-bond donors (Lipinski definition) is 0. The van der Waals surface area contributed by atoms with Crippen LogP contribution in [-0.2, 0) is 9.59 Å². The van der Waals surface area contributed by atoms with Gasteiger partial charge in [0.15, 0.2) is 0 Å². The minimum atomic E-state index is 0.292. The van der Waals surface area contributed by atoms with Crippen molar-refractivity contribution in [2.24, 2.45) is 0 Å². The Kier molecular flexibility index (Phi) is 7.53. The van der Waals surface area contributed by atoms with Crippen molar-refractivity contribution in [2.75, 3.05) is 26.7 Å². The van der Waals surface area contributed by atoms with Crippen LogP contribution in [-0.4, -0.2) is 48.3 Å². The molecule has 2 amide bonds. The number of carbonyl (C=O) groups excluding carboxylic acids is 2. The summed E-state index contributed by atoms with van der Waals surface area (Å²) in [7, 11) is 1.84. The van der Waals surface area contributed by atoms with Crippen LogP contribution in [0.15, 0.2) is 0 Å². The van der Waals surface area contributed by atoms with Crippen molar-refractivity contribution in [1.29, 1.82) is 0 Å². The summed E-state index contributed by atoms with van der Waals surface area (Å²) in [5, 5.41) is 0. The van der Waals surface area contributed by atoms with E-state index < -0.39 is 0 Å². The van der Waals surface area contributed by atoms with Gasteiger partial charge in [-0.2, -0.15) is 0 Å². The zero-order chi connectivity index (χ0) is 14.1. The summed E-state index contributed by atoms with van der Waals surface area (Å²) in [4.78, 5) is 25.4. The highest BCUT2D eigenvalue weighted by Crippen LogP contribution is 2.11. The van der Waals surface area contributed by atoms with Gasteiger partial charge in [-0.15, -0.1) is 0 Å². The quantitative estimate of drug-likeness (QED) is 0.719. The average Bonchev–Trinajstić information content (AvgIpc) is 2.96. The maximum absolute atomic E-state index is 11.2. The molecule has 4 heteroatoms. The topological polar surface area (TPSA) is 40.6 Å². The highest BCUT2D eigenvalue weighted by molar-refractivity contribution is 5.78. The molecule has 2 rings (SSSR count). The van der Waals surface area contributed by atoms with Crippen molar-refractivity contribution in [2.45, 2.75) is 58.3 Å². The normalized spacial score (nSPS) is 18.8. The van der Waals surface area contributed by atoms with E-state index in [1.807, 2.05) is 11.9 Å². The van der Waals surface area contributed by atoms with E-state index in [0.29, 0.717) is 11.8 Å². The summed E-state index contributed by atoms with van der Waals surface area (Å²) in [5.74, 6) is 0.659. The Morgan fingerprint density at radius 3 is 2.05 bits per heavy atom. The van der Waals surface area contributed by atoms with Gasteiger partial charge in [-0.05, 0) is 19.3 Å². The summed E-state index contributed by atoms with van der Waals surface area (Å²) in [6.45, 7) is 5.17. The van der Waals surface area contributed by atoms with Crippen LogP contribution >= 0.6 is 0 Å². The van der Waals surface area contributed by atoms with Crippen molar-refractivity contribution in [1.82, 2.24) is 9.80 Å². The highest BCUT2D eigenvalue weighted by atomic mass is 16.2. The van der Waals surface area contributed by atoms with E-state index in [1.165, 1.54) is 25.7 Å². The van der Waals surface area contributed by atoms with Gasteiger partial charge in [0.1, 0.15) is 0 Å². The molecule has 2 aliphatic rings. The van der Waals surface area contributed by atoms with Crippen molar-refractivity contribution in [3.8, 4) is 0 Å². The molecule has 0 atom stereocenters. The minimum absolute atomic E-state index is 0.292. The third kappa shape index (κ3) is 6.08. The molecule has 110 valence electrons. The second kappa shape index (κ2) is 8.94. The summed E-state index contributed by atoms with van der Waals surface area (Å²) >= 11 is 0. The summed E-state index contributed by atoms with van der Waals surface area (Å²) in [6, 6.07) is 0. The lowest BCUT2D eigenvalue weighted by Crippen LogP contribution is -2.25. The van der Waals surface area contributed by atoms with Gasteiger partial charge in [0.2, 0.25) is 11.8 Å². The predicted octanol–water partition coefficient (Wildman–Crippen LogP) is 2.43. The first-order chi connectivity index (χ1) is 9.15. The maximum atomic E-state index is 11.2. The Labute approximate surface area is 117 Å². The molecule has 0 aliphatic carbocycles. The van der Waals surface area contributed by atoms with Crippen LogP contribution in [0.1, 0.15) is 58.3 Å². The van der Waals surface area contributed by atoms with Crippen molar-refractivity contribution < 1.29 is 9.59 Å². The number of nitrogens with zero attached hydrogens (tertiary/aromatic N) is 2. The zero-order valence-electron chi connectivity index (χ0n) is 12.5. The molecule has 2 saturated heterocycles. The zero-order valence-corrected chi connectivity index (χ0v) is 12.5. The van der Waals surface area contributed by atoms with Crippen LogP contribution in [0.25, 0.3) is 0 Å². The van der Waals surface area contributed by atoms with Gasteiger partial charge in [0.05, 0.1) is 0 Å². The lowest BCUT2D eigenvalue weighted by molar-refractivity contribution is -0.128. The standard InChI is InChI=1S/C10H19NO.C5H9NO/c1-2-3-4-5-8-11-9-6-7-10(11)12;1-6-4-2-3-5(6)7/h2-9H2,1H3;2-4H2,1H3. The van der Waals surface area contributed by atoms with E-state index in [1.54, 1.807) is 4.90 Å². The smallest absolute Gasteiger partial charge is 0.222 e. The minimum Gasteiger partial charge on any atom is -0.346 e. The summed E-state index contributed by atoms with van der Waals surface area (Å²) < 4.78 is 0. The van der Waals surface area contributed by atoms with E-state index in [0.717, 1.165) is 45.3 Å². The van der Waals surface area contributed by atoms with Crippen LogP contribution in [0.5, 0.6) is 0 Å². The number of unbranched alkanes of at least 4 members (excludes halogenated alkanes) is 3. The fourth-order valence-electron chi connectivity index (χ4n) is 2.45. The molecule has 0 N–H and O–H groups in total. The van der Waals surface area contributed by atoms with Crippen LogP contribution < -0.4 is 0 Å². The first-order valence-electron chi connectivity index (χ1n) is 7.67. The predicted molar refractivity (Wildman–Crippen MR) is 76.8 cm³/mol. The number of carbonyl (C=O) groups is 2. The number of rotatable bonds is 5. The second-order valence-electron chi connectivity index (χ2n) is 5.46. The Hall–Kier alpha value is -1.06. The molecule has 2 heterocycles. The second-order valence-corrected chi connectivity index (χ2v) is 5.46. The molecule has 2 aliphatic heterocycles. The van der Waals surface area contributed by atoms with Gasteiger partial charge in [0, 0.05) is 39.5 Å². The van der Waals surface area contributed by atoms with E-state index in [-0.39, 0.29) is 0 Å². The van der Waals surface area contributed by atoms with Gasteiger partial charge in [-0.1, -0.05) is 26.2 Å². The van der Waals surface area contributed by atoms with E-state index in [9.17, 15) is 9.59 Å². The molecule has 0 spiro atoms. The van der Waals surface area contributed by atoms with Gasteiger partial charge in [0.25, 0.3) is 0 Å². The number of likely N-dealkylation sites (tertiary alicyclic amines) is 2. The third-order valence-electron chi connectivity index (χ3n) is 3.76. The van der Waals surface area contributed by atoms with Crippen LogP contribution in [0.3, 0.4) is 0 Å². The Balaban J connectivity index is 0.000000218. The number of hydrogen-bond acceptors (Lipinski definition) is 2. The van der Waals surface area contributed by atoms with E-state index >= 15 is 0 Å². The van der Waals surface area contributed by atoms with Crippen molar-refractivity contribution in [3.05, 3.63) is 0 Å². The van der Waals surface area contributed by atoms with Crippen LogP contribution in [0.2, 0.25) is 0 Å². The third-order valence-corrected chi connectivity index (χ3v) is 3.76. The van der Waals surface area contributed by atoms with Crippen LogP contribution in [0, 0.1) is 0 Å². The summed E-state index contributed by atoms with van der Waals surface area (Å²) in [6.07, 6.45) is 8.72. The molecule has 0 saturated carbocycles. The van der Waals surface area contributed by atoms with Crippen LogP contribution in [0.4, 0.5) is 0 Å². The van der Waals surface area contributed by atoms with E-state index in [2.05, 4.69) is 6.92 Å². The molecule has 19 heavy (non-hydrogen) atoms. The fourth-order valence-corrected chi connectivity index (χ4v) is 2.45. The fraction of sp³-hybridized carbons (Fsp3) is 0.867. The molecule has 4 nitrogen and oxygen atoms in total. The molecule has 0 unspecified atom stereocenters.